The molecule has 2 rings (SSSR count). The number of aromatic nitrogens is 2. The van der Waals surface area contributed by atoms with Crippen molar-refractivity contribution < 1.29 is 24.2 Å². The second kappa shape index (κ2) is 8.68. The molecule has 1 aromatic heterocycles. The maximum atomic E-state index is 12.2. The first kappa shape index (κ1) is 17.5. The van der Waals surface area contributed by atoms with Gasteiger partial charge in [0, 0.05) is 38.0 Å². The molecule has 1 aromatic carbocycles. The molecule has 2 aromatic rings. The van der Waals surface area contributed by atoms with Gasteiger partial charge in [-0.15, -0.1) is 0 Å². The van der Waals surface area contributed by atoms with Crippen LogP contribution in [0, 0.1) is 0 Å². The molecule has 0 bridgehead atoms. The second-order valence-corrected chi connectivity index (χ2v) is 4.97. The number of hydrogen-bond donors (Lipinski definition) is 2. The van der Waals surface area contributed by atoms with Crippen molar-refractivity contribution in [3.63, 3.8) is 0 Å². The van der Waals surface area contributed by atoms with Crippen molar-refractivity contribution in [2.24, 2.45) is 0 Å². The summed E-state index contributed by atoms with van der Waals surface area (Å²) in [5, 5.41) is 15.3. The third kappa shape index (κ3) is 5.40. The number of methoxy groups -OCH3 is 1. The van der Waals surface area contributed by atoms with Crippen LogP contribution in [-0.4, -0.2) is 47.1 Å². The Balaban J connectivity index is 1.94. The van der Waals surface area contributed by atoms with Crippen LogP contribution in [0.2, 0.25) is 0 Å². The van der Waals surface area contributed by atoms with Crippen LogP contribution in [0.5, 0.6) is 5.75 Å². The van der Waals surface area contributed by atoms with E-state index < -0.39 is 5.97 Å². The zero-order chi connectivity index (χ0) is 17.4. The normalized spacial score (nSPS) is 10.4. The van der Waals surface area contributed by atoms with E-state index in [1.54, 1.807) is 31.4 Å². The van der Waals surface area contributed by atoms with E-state index in [2.05, 4.69) is 10.4 Å². The fourth-order valence-electron chi connectivity index (χ4n) is 1.96. The van der Waals surface area contributed by atoms with Crippen LogP contribution in [0.25, 0.3) is 0 Å². The predicted molar refractivity (Wildman–Crippen MR) is 86.2 cm³/mol. The molecule has 0 saturated carbocycles. The highest BCUT2D eigenvalue weighted by Crippen LogP contribution is 2.15. The van der Waals surface area contributed by atoms with E-state index in [-0.39, 0.29) is 18.3 Å². The van der Waals surface area contributed by atoms with Crippen LogP contribution in [0.4, 0.5) is 5.82 Å². The number of carboxylic acid groups (broad SMARTS) is 1. The van der Waals surface area contributed by atoms with Gasteiger partial charge in [0.25, 0.3) is 5.91 Å². The lowest BCUT2D eigenvalue weighted by Crippen LogP contribution is -2.14. The number of hydrogen-bond acceptors (Lipinski definition) is 5. The Morgan fingerprint density at radius 2 is 2.12 bits per heavy atom. The SMILES string of the molecule is COCCCOc1cccc(C(=O)Nc2ccn(CC(=O)O)n2)c1. The maximum Gasteiger partial charge on any atom is 0.325 e. The van der Waals surface area contributed by atoms with Gasteiger partial charge in [0.1, 0.15) is 12.3 Å². The molecule has 0 radical (unpaired) electrons. The van der Waals surface area contributed by atoms with Crippen LogP contribution < -0.4 is 10.1 Å². The number of benzene rings is 1. The average molecular weight is 333 g/mol. The lowest BCUT2D eigenvalue weighted by atomic mass is 10.2. The molecule has 0 aliphatic heterocycles. The summed E-state index contributed by atoms with van der Waals surface area (Å²) >= 11 is 0. The molecular weight excluding hydrogens is 314 g/mol. The number of anilines is 1. The number of carbonyl (C=O) groups excluding carboxylic acids is 1. The van der Waals surface area contributed by atoms with Crippen molar-refractivity contribution in [1.29, 1.82) is 0 Å². The van der Waals surface area contributed by atoms with E-state index in [9.17, 15) is 9.59 Å². The highest BCUT2D eigenvalue weighted by atomic mass is 16.5. The van der Waals surface area contributed by atoms with Gasteiger partial charge in [0.05, 0.1) is 6.61 Å². The van der Waals surface area contributed by atoms with Gasteiger partial charge in [-0.1, -0.05) is 6.07 Å². The molecule has 1 amide bonds. The summed E-state index contributed by atoms with van der Waals surface area (Å²) in [6, 6.07) is 8.32. The number of nitrogens with zero attached hydrogens (tertiary/aromatic N) is 2. The lowest BCUT2D eigenvalue weighted by Gasteiger charge is -2.07. The van der Waals surface area contributed by atoms with E-state index in [1.807, 2.05) is 0 Å². The Bertz CT molecular complexity index is 699. The molecule has 0 saturated heterocycles. The zero-order valence-electron chi connectivity index (χ0n) is 13.3. The summed E-state index contributed by atoms with van der Waals surface area (Å²) in [7, 11) is 1.63. The Morgan fingerprint density at radius 1 is 1.29 bits per heavy atom. The smallest absolute Gasteiger partial charge is 0.325 e. The molecule has 0 unspecified atom stereocenters. The van der Waals surface area contributed by atoms with Crippen molar-refractivity contribution in [3.8, 4) is 5.75 Å². The van der Waals surface area contributed by atoms with Crippen LogP contribution in [0.1, 0.15) is 16.8 Å². The van der Waals surface area contributed by atoms with Gasteiger partial charge in [-0.25, -0.2) is 0 Å². The van der Waals surface area contributed by atoms with E-state index >= 15 is 0 Å². The fourth-order valence-corrected chi connectivity index (χ4v) is 1.96. The number of nitrogens with one attached hydrogen (secondary N) is 1. The minimum atomic E-state index is -1.01. The van der Waals surface area contributed by atoms with Gasteiger partial charge in [-0.05, 0) is 18.2 Å². The molecule has 0 aliphatic carbocycles. The predicted octanol–water partition coefficient (Wildman–Crippen LogP) is 1.64. The molecule has 8 heteroatoms. The lowest BCUT2D eigenvalue weighted by molar-refractivity contribution is -0.137. The van der Waals surface area contributed by atoms with E-state index in [0.29, 0.717) is 24.5 Å². The van der Waals surface area contributed by atoms with E-state index in [4.69, 9.17) is 14.6 Å². The molecule has 0 fully saturated rings. The first-order chi connectivity index (χ1) is 11.6. The number of ether oxygens (including phenoxy) is 2. The second-order valence-electron chi connectivity index (χ2n) is 4.97. The Hall–Kier alpha value is -2.87. The molecular formula is C16H19N3O5. The monoisotopic (exact) mass is 333 g/mol. The number of amides is 1. The van der Waals surface area contributed by atoms with Gasteiger partial charge in [0.15, 0.2) is 5.82 Å². The van der Waals surface area contributed by atoms with E-state index in [0.717, 1.165) is 6.42 Å². The van der Waals surface area contributed by atoms with Gasteiger partial charge < -0.3 is 19.9 Å². The molecule has 8 nitrogen and oxygen atoms in total. The van der Waals surface area contributed by atoms with Crippen molar-refractivity contribution in [3.05, 3.63) is 42.1 Å². The van der Waals surface area contributed by atoms with Gasteiger partial charge in [0.2, 0.25) is 0 Å². The summed E-state index contributed by atoms with van der Waals surface area (Å²) in [4.78, 5) is 22.8. The molecule has 1 heterocycles. The molecule has 128 valence electrons. The van der Waals surface area contributed by atoms with Crippen LogP contribution in [0.3, 0.4) is 0 Å². The minimum absolute atomic E-state index is 0.263. The van der Waals surface area contributed by atoms with Crippen molar-refractivity contribution >= 4 is 17.7 Å². The van der Waals surface area contributed by atoms with Crippen molar-refractivity contribution in [2.45, 2.75) is 13.0 Å². The minimum Gasteiger partial charge on any atom is -0.493 e. The molecule has 0 spiro atoms. The maximum absolute atomic E-state index is 12.2. The third-order valence-electron chi connectivity index (χ3n) is 3.04. The zero-order valence-corrected chi connectivity index (χ0v) is 13.3. The quantitative estimate of drug-likeness (QED) is 0.676. The number of carbonyl (C=O) groups is 2. The standard InChI is InChI=1S/C16H19N3O5/c1-23-8-3-9-24-13-5-2-4-12(10-13)16(22)17-14-6-7-19(18-14)11-15(20)21/h2,4-7,10H,3,8-9,11H2,1H3,(H,20,21)(H,17,18,22). The third-order valence-corrected chi connectivity index (χ3v) is 3.04. The van der Waals surface area contributed by atoms with Crippen LogP contribution in [0.15, 0.2) is 36.5 Å². The summed E-state index contributed by atoms with van der Waals surface area (Å²) in [5.74, 6) is -0.477. The van der Waals surface area contributed by atoms with Crippen molar-refractivity contribution in [2.75, 3.05) is 25.6 Å². The molecule has 24 heavy (non-hydrogen) atoms. The van der Waals surface area contributed by atoms with Gasteiger partial charge >= 0.3 is 5.97 Å². The number of aliphatic carboxylic acids is 1. The van der Waals surface area contributed by atoms with Gasteiger partial charge in [-0.2, -0.15) is 5.10 Å². The largest absolute Gasteiger partial charge is 0.493 e. The topological polar surface area (TPSA) is 103 Å². The Morgan fingerprint density at radius 3 is 2.88 bits per heavy atom. The molecule has 2 N–H and O–H groups in total. The van der Waals surface area contributed by atoms with Gasteiger partial charge in [-0.3, -0.25) is 14.3 Å². The van der Waals surface area contributed by atoms with Crippen LogP contribution >= 0.6 is 0 Å². The van der Waals surface area contributed by atoms with Crippen molar-refractivity contribution in [1.82, 2.24) is 9.78 Å². The summed E-state index contributed by atoms with van der Waals surface area (Å²) < 4.78 is 11.7. The number of rotatable bonds is 9. The van der Waals surface area contributed by atoms with E-state index in [1.165, 1.54) is 16.9 Å². The fraction of sp³-hybridized carbons (Fsp3) is 0.312. The molecule has 0 aliphatic rings. The first-order valence-electron chi connectivity index (χ1n) is 7.37. The highest BCUT2D eigenvalue weighted by Gasteiger charge is 2.10. The highest BCUT2D eigenvalue weighted by molar-refractivity contribution is 6.03. The Labute approximate surface area is 139 Å². The summed E-state index contributed by atoms with van der Waals surface area (Å²) in [6.07, 6.45) is 2.24. The Kier molecular flexibility index (Phi) is 6.32. The molecule has 0 atom stereocenters. The van der Waals surface area contributed by atoms with Crippen LogP contribution in [-0.2, 0) is 16.1 Å². The summed E-state index contributed by atoms with van der Waals surface area (Å²) in [5.41, 5.74) is 0.423. The average Bonchev–Trinajstić information content (AvgIpc) is 2.98. The first-order valence-corrected chi connectivity index (χ1v) is 7.37. The number of carboxylic acids is 1. The summed E-state index contributed by atoms with van der Waals surface area (Å²) in [6.45, 7) is 0.846.